The van der Waals surface area contributed by atoms with Crippen molar-refractivity contribution in [1.82, 2.24) is 10.2 Å². The molecule has 1 rings (SSSR count). The smallest absolute Gasteiger partial charge is 0.194 e. The second-order valence-electron chi connectivity index (χ2n) is 7.13. The zero-order chi connectivity index (χ0) is 15.6. The van der Waals surface area contributed by atoms with E-state index in [9.17, 15) is 5.11 Å². The fourth-order valence-corrected chi connectivity index (χ4v) is 2.49. The first-order chi connectivity index (χ1) is 9.13. The van der Waals surface area contributed by atoms with Crippen LogP contribution in [0.15, 0.2) is 4.99 Å². The summed E-state index contributed by atoms with van der Waals surface area (Å²) in [7, 11) is 0. The summed E-state index contributed by atoms with van der Waals surface area (Å²) in [5, 5.41) is 13.8. The van der Waals surface area contributed by atoms with Gasteiger partial charge in [-0.2, -0.15) is 0 Å². The Morgan fingerprint density at radius 1 is 1.20 bits per heavy atom. The third-order valence-electron chi connectivity index (χ3n) is 5.31. The molecule has 0 amide bonds. The molecule has 0 aromatic heterocycles. The van der Waals surface area contributed by atoms with Gasteiger partial charge in [0.05, 0.1) is 12.1 Å². The van der Waals surface area contributed by atoms with Crippen LogP contribution >= 0.6 is 0 Å². The standard InChI is InChI=1S/C16H33N3O/c1-8-16(20,9-2)11-18-13(17-10-3)19-12-14(4,5)15(19,6)7/h20H,8-12H2,1-7H3,(H,17,18). The maximum Gasteiger partial charge on any atom is 0.194 e. The lowest BCUT2D eigenvalue weighted by atomic mass is 9.65. The maximum absolute atomic E-state index is 10.4. The molecule has 1 heterocycles. The molecule has 0 bridgehead atoms. The average Bonchev–Trinajstić information content (AvgIpc) is 2.40. The van der Waals surface area contributed by atoms with Gasteiger partial charge >= 0.3 is 0 Å². The Hall–Kier alpha value is -0.770. The molecule has 4 heteroatoms. The van der Waals surface area contributed by atoms with Crippen LogP contribution < -0.4 is 5.32 Å². The van der Waals surface area contributed by atoms with Gasteiger partial charge < -0.3 is 15.3 Å². The summed E-state index contributed by atoms with van der Waals surface area (Å²) in [4.78, 5) is 7.01. The van der Waals surface area contributed by atoms with Crippen molar-refractivity contribution in [1.29, 1.82) is 0 Å². The second-order valence-corrected chi connectivity index (χ2v) is 7.13. The minimum atomic E-state index is -0.675. The Bertz CT molecular complexity index is 357. The summed E-state index contributed by atoms with van der Waals surface area (Å²) in [5.74, 6) is 0.928. The number of hydrogen-bond donors (Lipinski definition) is 2. The summed E-state index contributed by atoms with van der Waals surface area (Å²) in [5.41, 5.74) is -0.301. The van der Waals surface area contributed by atoms with Crippen molar-refractivity contribution >= 4 is 5.96 Å². The molecule has 1 fully saturated rings. The van der Waals surface area contributed by atoms with Crippen LogP contribution in [0.5, 0.6) is 0 Å². The highest BCUT2D eigenvalue weighted by atomic mass is 16.3. The molecule has 0 atom stereocenters. The van der Waals surface area contributed by atoms with Crippen LogP contribution in [-0.2, 0) is 0 Å². The van der Waals surface area contributed by atoms with Crippen LogP contribution in [0.3, 0.4) is 0 Å². The summed E-state index contributed by atoms with van der Waals surface area (Å²) in [6.07, 6.45) is 1.47. The third kappa shape index (κ3) is 3.11. The molecular weight excluding hydrogens is 250 g/mol. The molecule has 0 unspecified atom stereocenters. The van der Waals surface area contributed by atoms with Gasteiger partial charge in [0.2, 0.25) is 0 Å². The molecule has 1 aliphatic rings. The van der Waals surface area contributed by atoms with E-state index in [0.29, 0.717) is 6.54 Å². The van der Waals surface area contributed by atoms with Crippen molar-refractivity contribution in [3.63, 3.8) is 0 Å². The topological polar surface area (TPSA) is 47.9 Å². The zero-order valence-electron chi connectivity index (χ0n) is 14.4. The first-order valence-electron chi connectivity index (χ1n) is 7.92. The number of hydrogen-bond acceptors (Lipinski definition) is 2. The largest absolute Gasteiger partial charge is 0.388 e. The Morgan fingerprint density at radius 3 is 2.10 bits per heavy atom. The highest BCUT2D eigenvalue weighted by Gasteiger charge is 2.53. The quantitative estimate of drug-likeness (QED) is 0.602. The molecular formula is C16H33N3O. The molecule has 2 N–H and O–H groups in total. The predicted octanol–water partition coefficient (Wildman–Crippen LogP) is 2.62. The summed E-state index contributed by atoms with van der Waals surface area (Å²) in [6.45, 7) is 17.5. The molecule has 20 heavy (non-hydrogen) atoms. The van der Waals surface area contributed by atoms with Gasteiger partial charge in [0, 0.05) is 24.0 Å². The van der Waals surface area contributed by atoms with Gasteiger partial charge in [0.25, 0.3) is 0 Å². The molecule has 0 saturated carbocycles. The van der Waals surface area contributed by atoms with Crippen molar-refractivity contribution in [3.8, 4) is 0 Å². The van der Waals surface area contributed by atoms with E-state index >= 15 is 0 Å². The maximum atomic E-state index is 10.4. The minimum Gasteiger partial charge on any atom is -0.388 e. The Balaban J connectivity index is 2.86. The molecule has 0 aliphatic carbocycles. The highest BCUT2D eigenvalue weighted by molar-refractivity contribution is 5.82. The number of nitrogens with one attached hydrogen (secondary N) is 1. The van der Waals surface area contributed by atoms with E-state index < -0.39 is 5.60 Å². The Labute approximate surface area is 124 Å². The zero-order valence-corrected chi connectivity index (χ0v) is 14.4. The van der Waals surface area contributed by atoms with Crippen molar-refractivity contribution in [2.24, 2.45) is 10.4 Å². The number of aliphatic hydroxyl groups is 1. The lowest BCUT2D eigenvalue weighted by molar-refractivity contribution is -0.0671. The van der Waals surface area contributed by atoms with Crippen LogP contribution in [0, 0.1) is 5.41 Å². The van der Waals surface area contributed by atoms with Crippen molar-refractivity contribution in [2.45, 2.75) is 72.4 Å². The number of nitrogens with zero attached hydrogens (tertiary/aromatic N) is 2. The molecule has 1 saturated heterocycles. The van der Waals surface area contributed by atoms with Gasteiger partial charge in [-0.25, -0.2) is 0 Å². The van der Waals surface area contributed by atoms with Crippen LogP contribution in [0.25, 0.3) is 0 Å². The van der Waals surface area contributed by atoms with Gasteiger partial charge in [0.1, 0.15) is 0 Å². The van der Waals surface area contributed by atoms with E-state index in [-0.39, 0.29) is 11.0 Å². The van der Waals surface area contributed by atoms with Crippen molar-refractivity contribution in [2.75, 3.05) is 19.6 Å². The van der Waals surface area contributed by atoms with Gasteiger partial charge in [-0.3, -0.25) is 4.99 Å². The molecule has 4 nitrogen and oxygen atoms in total. The second kappa shape index (κ2) is 5.92. The monoisotopic (exact) mass is 283 g/mol. The van der Waals surface area contributed by atoms with Crippen LogP contribution in [-0.4, -0.2) is 46.7 Å². The van der Waals surface area contributed by atoms with Crippen molar-refractivity contribution < 1.29 is 5.11 Å². The molecule has 0 radical (unpaired) electrons. The van der Waals surface area contributed by atoms with Gasteiger partial charge in [-0.15, -0.1) is 0 Å². The fourth-order valence-electron chi connectivity index (χ4n) is 2.49. The third-order valence-corrected chi connectivity index (χ3v) is 5.31. The van der Waals surface area contributed by atoms with Crippen LogP contribution in [0.2, 0.25) is 0 Å². The first kappa shape index (κ1) is 17.3. The fraction of sp³-hybridized carbons (Fsp3) is 0.938. The minimum absolute atomic E-state index is 0.0878. The lowest BCUT2D eigenvalue weighted by Gasteiger charge is -2.62. The average molecular weight is 283 g/mol. The SMILES string of the molecule is CCNC(=NCC(O)(CC)CC)N1CC(C)(C)C1(C)C. The van der Waals surface area contributed by atoms with E-state index in [2.05, 4.69) is 44.8 Å². The highest BCUT2D eigenvalue weighted by Crippen LogP contribution is 2.46. The van der Waals surface area contributed by atoms with Gasteiger partial charge in [-0.05, 0) is 33.6 Å². The predicted molar refractivity (Wildman–Crippen MR) is 86.1 cm³/mol. The van der Waals surface area contributed by atoms with Gasteiger partial charge in [-0.1, -0.05) is 27.7 Å². The first-order valence-corrected chi connectivity index (χ1v) is 7.92. The van der Waals surface area contributed by atoms with E-state index in [0.717, 1.165) is 31.9 Å². The van der Waals surface area contributed by atoms with E-state index in [1.165, 1.54) is 0 Å². The molecule has 118 valence electrons. The molecule has 0 aromatic rings. The van der Waals surface area contributed by atoms with Crippen LogP contribution in [0.1, 0.15) is 61.3 Å². The van der Waals surface area contributed by atoms with Crippen molar-refractivity contribution in [3.05, 3.63) is 0 Å². The molecule has 0 spiro atoms. The number of aliphatic imine (C=N–C) groups is 1. The number of guanidine groups is 1. The number of rotatable bonds is 5. The summed E-state index contributed by atoms with van der Waals surface area (Å²) < 4.78 is 0. The van der Waals surface area contributed by atoms with Gasteiger partial charge in [0.15, 0.2) is 5.96 Å². The molecule has 0 aromatic carbocycles. The van der Waals surface area contributed by atoms with E-state index in [4.69, 9.17) is 4.99 Å². The van der Waals surface area contributed by atoms with E-state index in [1.54, 1.807) is 0 Å². The van der Waals surface area contributed by atoms with E-state index in [1.807, 2.05) is 13.8 Å². The van der Waals surface area contributed by atoms with Crippen LogP contribution in [0.4, 0.5) is 0 Å². The Kier molecular flexibility index (Phi) is 5.12. The lowest BCUT2D eigenvalue weighted by Crippen LogP contribution is -2.72. The molecule has 1 aliphatic heterocycles. The normalized spacial score (nSPS) is 21.6. The summed E-state index contributed by atoms with van der Waals surface area (Å²) >= 11 is 0. The number of likely N-dealkylation sites (tertiary alicyclic amines) is 1. The summed E-state index contributed by atoms with van der Waals surface area (Å²) in [6, 6.07) is 0. The Morgan fingerprint density at radius 2 is 1.75 bits per heavy atom.